The van der Waals surface area contributed by atoms with E-state index in [-0.39, 0.29) is 32.7 Å². The van der Waals surface area contributed by atoms with Crippen molar-refractivity contribution in [1.82, 2.24) is 0 Å². The fourth-order valence-electron chi connectivity index (χ4n) is 2.29. The first-order valence-electron chi connectivity index (χ1n) is 8.67. The molecule has 0 aromatic heterocycles. The summed E-state index contributed by atoms with van der Waals surface area (Å²) in [5.74, 6) is 0. The molecular formula is C23H29Y-. The Bertz CT molecular complexity index is 687. The molecule has 0 heterocycles. The van der Waals surface area contributed by atoms with Gasteiger partial charge in [-0.3, -0.25) is 0 Å². The molecule has 3 rings (SSSR count). The Morgan fingerprint density at radius 1 is 0.708 bits per heavy atom. The van der Waals surface area contributed by atoms with E-state index in [2.05, 4.69) is 75.4 Å². The Balaban J connectivity index is 0.000000418. The fourth-order valence-corrected chi connectivity index (χ4v) is 2.29. The van der Waals surface area contributed by atoms with Crippen molar-refractivity contribution in [2.45, 2.75) is 47.5 Å². The maximum absolute atomic E-state index is 2.97. The van der Waals surface area contributed by atoms with E-state index >= 15 is 0 Å². The zero-order valence-corrected chi connectivity index (χ0v) is 18.6. The maximum atomic E-state index is 2.97. The summed E-state index contributed by atoms with van der Waals surface area (Å²) in [5.41, 5.74) is 4.12. The van der Waals surface area contributed by atoms with Crippen LogP contribution in [0.15, 0.2) is 60.7 Å². The molecule has 0 aliphatic rings. The summed E-state index contributed by atoms with van der Waals surface area (Å²) in [5, 5.41) is 2.70. The summed E-state index contributed by atoms with van der Waals surface area (Å²) in [7, 11) is 0. The minimum atomic E-state index is 0. The Kier molecular flexibility index (Phi) is 12.8. The predicted octanol–water partition coefficient (Wildman–Crippen LogP) is 6.78. The van der Waals surface area contributed by atoms with Crippen LogP contribution in [-0.2, 0) is 45.6 Å². The molecule has 0 N–H and O–H groups in total. The smallest absolute Gasteiger partial charge is 0 e. The van der Waals surface area contributed by atoms with Gasteiger partial charge in [-0.05, 0) is 29.7 Å². The van der Waals surface area contributed by atoms with Crippen LogP contribution in [0.25, 0.3) is 10.8 Å². The third-order valence-electron chi connectivity index (χ3n) is 3.66. The summed E-state index contributed by atoms with van der Waals surface area (Å²) < 4.78 is 0. The van der Waals surface area contributed by atoms with E-state index < -0.39 is 0 Å². The zero-order valence-electron chi connectivity index (χ0n) is 15.8. The number of aryl methyl sites for hydroxylation is 3. The number of benzene rings is 3. The van der Waals surface area contributed by atoms with Crippen LogP contribution in [0.5, 0.6) is 0 Å². The quantitative estimate of drug-likeness (QED) is 0.420. The van der Waals surface area contributed by atoms with E-state index in [0.717, 1.165) is 12.8 Å². The van der Waals surface area contributed by atoms with E-state index in [9.17, 15) is 0 Å². The summed E-state index contributed by atoms with van der Waals surface area (Å²) >= 11 is 0. The van der Waals surface area contributed by atoms with E-state index in [1.54, 1.807) is 0 Å². The van der Waals surface area contributed by atoms with E-state index in [0.29, 0.717) is 0 Å². The molecule has 0 amide bonds. The summed E-state index contributed by atoms with van der Waals surface area (Å²) in [6, 6.07) is 24.3. The van der Waals surface area contributed by atoms with Crippen LogP contribution >= 0.6 is 0 Å². The standard InChI is InChI=1S/C13H14.C8H9.C2H6.Y/c1-3-11-5-7-12-8-10(2)4-6-13(12)9-11;1-2-8-6-4-3-5-7-8;1-2;/h4-9H,3H2,1-2H3;4-7H,2H2,1H3;1-2H3;/q;-1;;. The van der Waals surface area contributed by atoms with Crippen LogP contribution < -0.4 is 0 Å². The predicted molar refractivity (Wildman–Crippen MR) is 104 cm³/mol. The molecule has 0 bridgehead atoms. The molecule has 1 heteroatoms. The van der Waals surface area contributed by atoms with Crippen molar-refractivity contribution in [2.75, 3.05) is 0 Å². The van der Waals surface area contributed by atoms with Crippen LogP contribution in [0.2, 0.25) is 0 Å². The van der Waals surface area contributed by atoms with Crippen LogP contribution in [0.1, 0.15) is 44.4 Å². The molecule has 24 heavy (non-hydrogen) atoms. The van der Waals surface area contributed by atoms with Gasteiger partial charge in [0.15, 0.2) is 0 Å². The van der Waals surface area contributed by atoms with Gasteiger partial charge in [-0.15, -0.1) is 0 Å². The molecule has 0 nitrogen and oxygen atoms in total. The van der Waals surface area contributed by atoms with E-state index in [1.165, 1.54) is 27.5 Å². The van der Waals surface area contributed by atoms with E-state index in [4.69, 9.17) is 0 Å². The van der Waals surface area contributed by atoms with Crippen LogP contribution in [0.3, 0.4) is 0 Å². The molecular weight excluding hydrogens is 365 g/mol. The van der Waals surface area contributed by atoms with Gasteiger partial charge in [0.05, 0.1) is 0 Å². The van der Waals surface area contributed by atoms with E-state index in [1.807, 2.05) is 26.0 Å². The third-order valence-corrected chi connectivity index (χ3v) is 3.66. The molecule has 0 spiro atoms. The molecule has 0 saturated heterocycles. The van der Waals surface area contributed by atoms with Gasteiger partial charge in [-0.1, -0.05) is 76.1 Å². The zero-order chi connectivity index (χ0) is 17.1. The average molecular weight is 394 g/mol. The van der Waals surface area contributed by atoms with Crippen molar-refractivity contribution < 1.29 is 32.7 Å². The van der Waals surface area contributed by atoms with Crippen molar-refractivity contribution in [2.24, 2.45) is 0 Å². The van der Waals surface area contributed by atoms with Gasteiger partial charge in [0.25, 0.3) is 0 Å². The van der Waals surface area contributed by atoms with Crippen molar-refractivity contribution in [3.63, 3.8) is 0 Å². The molecule has 0 saturated carbocycles. The van der Waals surface area contributed by atoms with Gasteiger partial charge in [-0.2, -0.15) is 35.9 Å². The minimum absolute atomic E-state index is 0. The Hall–Kier alpha value is -0.976. The first-order valence-corrected chi connectivity index (χ1v) is 8.67. The number of hydrogen-bond donors (Lipinski definition) is 0. The largest absolute Gasteiger partial charge is 0.184 e. The average Bonchev–Trinajstić information content (AvgIpc) is 2.64. The van der Waals surface area contributed by atoms with Crippen molar-refractivity contribution >= 4 is 10.8 Å². The second-order valence-corrected chi connectivity index (χ2v) is 5.30. The van der Waals surface area contributed by atoms with Gasteiger partial charge >= 0.3 is 0 Å². The summed E-state index contributed by atoms with van der Waals surface area (Å²) in [4.78, 5) is 0. The van der Waals surface area contributed by atoms with Gasteiger partial charge in [-0.25, -0.2) is 0 Å². The normalized spacial score (nSPS) is 9.04. The third kappa shape index (κ3) is 7.73. The monoisotopic (exact) mass is 394 g/mol. The van der Waals surface area contributed by atoms with Crippen LogP contribution in [0, 0.1) is 13.0 Å². The minimum Gasteiger partial charge on any atom is -0.184 e. The molecule has 0 aliphatic carbocycles. The first kappa shape index (κ1) is 23.0. The second-order valence-electron chi connectivity index (χ2n) is 5.30. The van der Waals surface area contributed by atoms with Gasteiger partial charge in [0, 0.05) is 32.7 Å². The molecule has 3 aromatic rings. The van der Waals surface area contributed by atoms with Crippen LogP contribution in [0.4, 0.5) is 0 Å². The first-order chi connectivity index (χ1) is 11.2. The molecule has 0 unspecified atom stereocenters. The van der Waals surface area contributed by atoms with Gasteiger partial charge in [0.1, 0.15) is 0 Å². The Morgan fingerprint density at radius 2 is 1.25 bits per heavy atom. The Morgan fingerprint density at radius 3 is 1.79 bits per heavy atom. The molecule has 125 valence electrons. The van der Waals surface area contributed by atoms with Gasteiger partial charge in [0.2, 0.25) is 0 Å². The van der Waals surface area contributed by atoms with Crippen molar-refractivity contribution in [3.05, 3.63) is 83.4 Å². The topological polar surface area (TPSA) is 0 Å². The molecule has 1 radical (unpaired) electrons. The van der Waals surface area contributed by atoms with Gasteiger partial charge < -0.3 is 0 Å². The van der Waals surface area contributed by atoms with Crippen molar-refractivity contribution in [1.29, 1.82) is 0 Å². The van der Waals surface area contributed by atoms with Crippen LogP contribution in [-0.4, -0.2) is 0 Å². The molecule has 0 atom stereocenters. The molecule has 3 aromatic carbocycles. The second kappa shape index (κ2) is 13.3. The fraction of sp³-hybridized carbons (Fsp3) is 0.304. The SMILES string of the molecule is CC.CCc1cc[c-]cc1.CCc1ccc2cc(C)ccc2c1.[Y]. The number of hydrogen-bond acceptors (Lipinski definition) is 0. The molecule has 0 fully saturated rings. The summed E-state index contributed by atoms with van der Waals surface area (Å²) in [6.45, 7) is 10.5. The Labute approximate surface area is 173 Å². The number of fused-ring (bicyclic) bond motifs is 1. The molecule has 0 aliphatic heterocycles. The number of rotatable bonds is 2. The maximum Gasteiger partial charge on any atom is 0 e. The summed E-state index contributed by atoms with van der Waals surface area (Å²) in [6.07, 6.45) is 2.23. The van der Waals surface area contributed by atoms with Crippen molar-refractivity contribution in [3.8, 4) is 0 Å².